The first kappa shape index (κ1) is 12.3. The number of hydrogen-bond acceptors (Lipinski definition) is 6. The fraction of sp³-hybridized carbons (Fsp3) is 0.714. The van der Waals surface area contributed by atoms with E-state index in [1.54, 1.807) is 0 Å². The van der Waals surface area contributed by atoms with E-state index in [9.17, 15) is 0 Å². The van der Waals surface area contributed by atoms with Gasteiger partial charge in [0.1, 0.15) is 12.3 Å². The Bertz CT molecular complexity index is 133. The lowest BCUT2D eigenvalue weighted by atomic mass is 10.6. The van der Waals surface area contributed by atoms with Crippen molar-refractivity contribution < 1.29 is 25.0 Å². The number of hydroxylamine groups is 2. The van der Waals surface area contributed by atoms with Crippen LogP contribution in [0.2, 0.25) is 0 Å². The maximum absolute atomic E-state index is 8.80. The van der Waals surface area contributed by atoms with E-state index in [1.807, 2.05) is 0 Å². The van der Waals surface area contributed by atoms with Crippen molar-refractivity contribution in [2.24, 2.45) is 0 Å². The molecule has 0 amide bonds. The van der Waals surface area contributed by atoms with E-state index in [0.717, 1.165) is 5.23 Å². The summed E-state index contributed by atoms with van der Waals surface area (Å²) in [5.41, 5.74) is 0. The van der Waals surface area contributed by atoms with Gasteiger partial charge >= 0.3 is 0 Å². The molecule has 3 N–H and O–H groups in total. The van der Waals surface area contributed by atoms with Crippen LogP contribution in [-0.2, 0) is 9.68 Å². The average Bonchev–Trinajstić information content (AvgIpc) is 2.09. The number of nitrogens with zero attached hydrogens (tertiary/aromatic N) is 1. The minimum absolute atomic E-state index is 0.0278. The predicted octanol–water partition coefficient (Wildman–Crippen LogP) is -0.792. The van der Waals surface area contributed by atoms with Crippen LogP contribution in [-0.4, -0.2) is 53.5 Å². The lowest BCUT2D eigenvalue weighted by molar-refractivity contribution is -0.368. The Morgan fingerprint density at radius 2 is 1.62 bits per heavy atom. The van der Waals surface area contributed by atoms with Gasteiger partial charge in [0.05, 0.1) is 26.4 Å². The van der Waals surface area contributed by atoms with Gasteiger partial charge < -0.3 is 15.3 Å². The van der Waals surface area contributed by atoms with Gasteiger partial charge in [0.2, 0.25) is 0 Å². The predicted molar refractivity (Wildman–Crippen MR) is 44.6 cm³/mol. The molecule has 6 heteroatoms. The molecule has 0 aromatic carbocycles. The zero-order chi connectivity index (χ0) is 10.1. The zero-order valence-corrected chi connectivity index (χ0v) is 7.35. The smallest absolute Gasteiger partial charge is 0.108 e. The van der Waals surface area contributed by atoms with Crippen molar-refractivity contribution in [1.82, 2.24) is 5.23 Å². The summed E-state index contributed by atoms with van der Waals surface area (Å²) in [6.07, 6.45) is 0. The van der Waals surface area contributed by atoms with Crippen molar-refractivity contribution in [2.45, 2.75) is 0 Å². The van der Waals surface area contributed by atoms with E-state index in [0.29, 0.717) is 0 Å². The Morgan fingerprint density at radius 1 is 1.15 bits per heavy atom. The van der Waals surface area contributed by atoms with E-state index in [1.165, 1.54) is 0 Å². The van der Waals surface area contributed by atoms with Crippen molar-refractivity contribution >= 4 is 0 Å². The second-order valence-electron chi connectivity index (χ2n) is 2.17. The summed E-state index contributed by atoms with van der Waals surface area (Å²) >= 11 is 0. The molecule has 13 heavy (non-hydrogen) atoms. The zero-order valence-electron chi connectivity index (χ0n) is 7.35. The van der Waals surface area contributed by atoms with Gasteiger partial charge in [-0.25, -0.2) is 0 Å². The highest BCUT2D eigenvalue weighted by Gasteiger charge is 2.06. The summed E-state index contributed by atoms with van der Waals surface area (Å²) in [5.74, 6) is -0.129. The minimum Gasteiger partial charge on any atom is -0.511 e. The van der Waals surface area contributed by atoms with Crippen LogP contribution in [0.5, 0.6) is 0 Å². The minimum atomic E-state index is -0.156. The van der Waals surface area contributed by atoms with Gasteiger partial charge in [0.25, 0.3) is 0 Å². The van der Waals surface area contributed by atoms with Crippen LogP contribution in [0, 0.1) is 0 Å². The number of hydrogen-bond donors (Lipinski definition) is 3. The molecule has 0 heterocycles. The molecule has 0 aliphatic heterocycles. The van der Waals surface area contributed by atoms with E-state index in [4.69, 9.17) is 25.0 Å². The Labute approximate surface area is 76.5 Å². The molecule has 0 bridgehead atoms. The third kappa shape index (κ3) is 7.69. The largest absolute Gasteiger partial charge is 0.511 e. The third-order valence-electron chi connectivity index (χ3n) is 0.965. The summed E-state index contributed by atoms with van der Waals surface area (Å²) in [7, 11) is 0. The van der Waals surface area contributed by atoms with E-state index in [-0.39, 0.29) is 38.7 Å². The van der Waals surface area contributed by atoms with Gasteiger partial charge in [0, 0.05) is 0 Å². The van der Waals surface area contributed by atoms with Crippen LogP contribution in [0.3, 0.4) is 0 Å². The molecule has 0 aromatic heterocycles. The molecule has 0 aliphatic carbocycles. The Kier molecular flexibility index (Phi) is 7.56. The molecule has 0 spiro atoms. The highest BCUT2D eigenvalue weighted by atomic mass is 16.9. The van der Waals surface area contributed by atoms with Gasteiger partial charge in [-0.1, -0.05) is 11.8 Å². The lowest BCUT2D eigenvalue weighted by Crippen LogP contribution is -2.29. The molecule has 0 unspecified atom stereocenters. The summed E-state index contributed by atoms with van der Waals surface area (Å²) in [6, 6.07) is 0. The van der Waals surface area contributed by atoms with Gasteiger partial charge in [0.15, 0.2) is 0 Å². The quantitative estimate of drug-likeness (QED) is 0.346. The molecule has 0 rings (SSSR count). The third-order valence-corrected chi connectivity index (χ3v) is 0.965. The van der Waals surface area contributed by atoms with E-state index in [2.05, 4.69) is 6.58 Å². The van der Waals surface area contributed by atoms with Crippen LogP contribution in [0.4, 0.5) is 0 Å². The Hall–Kier alpha value is -0.660. The maximum Gasteiger partial charge on any atom is 0.108 e. The van der Waals surface area contributed by atoms with Crippen molar-refractivity contribution in [2.75, 3.05) is 33.0 Å². The second-order valence-corrected chi connectivity index (χ2v) is 2.17. The highest BCUT2D eigenvalue weighted by molar-refractivity contribution is 4.79. The van der Waals surface area contributed by atoms with Crippen molar-refractivity contribution in [3.05, 3.63) is 12.3 Å². The maximum atomic E-state index is 8.80. The molecule has 78 valence electrons. The normalized spacial score (nSPS) is 10.7. The molecule has 0 saturated carbocycles. The highest BCUT2D eigenvalue weighted by Crippen LogP contribution is 1.96. The number of aliphatic hydroxyl groups is 3. The first-order valence-electron chi connectivity index (χ1n) is 3.82. The molecular formula is C7H15NO5. The standard InChI is InChI=1S/C7H15NO5/c1-7(11)6-8(12-4-2-9)13-5-3-10/h9-11H,1-6H2. The van der Waals surface area contributed by atoms with E-state index < -0.39 is 0 Å². The SMILES string of the molecule is C=C(O)CN(OCCO)OCCO. The molecule has 0 saturated heterocycles. The molecule has 0 radical (unpaired) electrons. The second kappa shape index (κ2) is 7.96. The fourth-order valence-electron chi connectivity index (χ4n) is 0.563. The van der Waals surface area contributed by atoms with E-state index >= 15 is 0 Å². The molecular weight excluding hydrogens is 178 g/mol. The first-order chi connectivity index (χ1) is 6.20. The van der Waals surface area contributed by atoms with Gasteiger partial charge in [-0.2, -0.15) is 0 Å². The van der Waals surface area contributed by atoms with Crippen molar-refractivity contribution in [1.29, 1.82) is 0 Å². The summed E-state index contributed by atoms with van der Waals surface area (Å²) in [4.78, 5) is 9.67. The molecule has 0 atom stereocenters. The molecule has 0 aromatic rings. The Morgan fingerprint density at radius 3 is 1.92 bits per heavy atom. The van der Waals surface area contributed by atoms with Crippen LogP contribution in [0.15, 0.2) is 12.3 Å². The first-order valence-corrected chi connectivity index (χ1v) is 3.82. The van der Waals surface area contributed by atoms with Crippen molar-refractivity contribution in [3.8, 4) is 0 Å². The molecule has 0 fully saturated rings. The lowest BCUT2D eigenvalue weighted by Gasteiger charge is -2.19. The molecule has 0 aliphatic rings. The summed E-state index contributed by atoms with van der Waals surface area (Å²) in [5, 5.41) is 26.6. The summed E-state index contributed by atoms with van der Waals surface area (Å²) < 4.78 is 0. The topological polar surface area (TPSA) is 82.4 Å². The van der Waals surface area contributed by atoms with Gasteiger partial charge in [-0.3, -0.25) is 9.68 Å². The number of rotatable bonds is 8. The molecule has 6 nitrogen and oxygen atoms in total. The Balaban J connectivity index is 3.66. The van der Waals surface area contributed by atoms with Crippen LogP contribution < -0.4 is 0 Å². The van der Waals surface area contributed by atoms with Crippen LogP contribution >= 0.6 is 0 Å². The number of aliphatic hydroxyl groups excluding tert-OH is 3. The average molecular weight is 193 g/mol. The van der Waals surface area contributed by atoms with Gasteiger partial charge in [-0.15, -0.1) is 0 Å². The van der Waals surface area contributed by atoms with Crippen LogP contribution in [0.25, 0.3) is 0 Å². The fourth-order valence-corrected chi connectivity index (χ4v) is 0.563. The van der Waals surface area contributed by atoms with Crippen LogP contribution in [0.1, 0.15) is 0 Å². The monoisotopic (exact) mass is 193 g/mol. The van der Waals surface area contributed by atoms with Gasteiger partial charge in [-0.05, 0) is 0 Å². The summed E-state index contributed by atoms with van der Waals surface area (Å²) in [6.45, 7) is 3.01. The van der Waals surface area contributed by atoms with Crippen molar-refractivity contribution in [3.63, 3.8) is 0 Å².